The van der Waals surface area contributed by atoms with Crippen LogP contribution < -0.4 is 5.32 Å². The van der Waals surface area contributed by atoms with Gasteiger partial charge in [-0.3, -0.25) is 5.10 Å². The smallest absolute Gasteiger partial charge is 0.408 e. The van der Waals surface area contributed by atoms with Crippen LogP contribution in [-0.4, -0.2) is 21.9 Å². The SMILES string of the molecule is CC(C)(C)OC(=O)N[C@@H](Cc1cccc(Cl)c1)c1ccn[nH]1. The molecule has 0 bridgehead atoms. The Hall–Kier alpha value is -2.01. The van der Waals surface area contributed by atoms with Crippen molar-refractivity contribution in [1.82, 2.24) is 15.5 Å². The van der Waals surface area contributed by atoms with Crippen LogP contribution in [0.25, 0.3) is 0 Å². The van der Waals surface area contributed by atoms with Crippen LogP contribution in [0.1, 0.15) is 38.1 Å². The van der Waals surface area contributed by atoms with Crippen LogP contribution in [0.5, 0.6) is 0 Å². The Bertz CT molecular complexity index is 621. The van der Waals surface area contributed by atoms with E-state index in [0.29, 0.717) is 11.4 Å². The van der Waals surface area contributed by atoms with Gasteiger partial charge in [-0.15, -0.1) is 0 Å². The van der Waals surface area contributed by atoms with Crippen LogP contribution >= 0.6 is 11.6 Å². The van der Waals surface area contributed by atoms with Crippen molar-refractivity contribution in [1.29, 1.82) is 0 Å². The van der Waals surface area contributed by atoms with Gasteiger partial charge in [0.1, 0.15) is 5.60 Å². The second-order valence-corrected chi connectivity index (χ2v) is 6.48. The molecule has 0 spiro atoms. The summed E-state index contributed by atoms with van der Waals surface area (Å²) in [6, 6.07) is 9.10. The van der Waals surface area contributed by atoms with Gasteiger partial charge < -0.3 is 10.1 Å². The molecule has 2 N–H and O–H groups in total. The Labute approximate surface area is 135 Å². The summed E-state index contributed by atoms with van der Waals surface area (Å²) >= 11 is 6.01. The first-order valence-corrected chi connectivity index (χ1v) is 7.44. The summed E-state index contributed by atoms with van der Waals surface area (Å²) in [5.41, 5.74) is 1.28. The van der Waals surface area contributed by atoms with Crippen LogP contribution in [0.3, 0.4) is 0 Å². The van der Waals surface area contributed by atoms with E-state index in [9.17, 15) is 4.79 Å². The first-order valence-electron chi connectivity index (χ1n) is 7.07. The lowest BCUT2D eigenvalue weighted by Crippen LogP contribution is -2.36. The lowest BCUT2D eigenvalue weighted by Gasteiger charge is -2.23. The highest BCUT2D eigenvalue weighted by molar-refractivity contribution is 6.30. The second kappa shape index (κ2) is 6.83. The summed E-state index contributed by atoms with van der Waals surface area (Å²) in [4.78, 5) is 12.0. The minimum atomic E-state index is -0.543. The fraction of sp³-hybridized carbons (Fsp3) is 0.375. The first kappa shape index (κ1) is 16.4. The molecular formula is C16H20ClN3O2. The molecule has 5 nitrogen and oxygen atoms in total. The first-order chi connectivity index (χ1) is 10.3. The van der Waals surface area contributed by atoms with Crippen LogP contribution in [0.15, 0.2) is 36.5 Å². The van der Waals surface area contributed by atoms with Gasteiger partial charge in [0.25, 0.3) is 0 Å². The number of nitrogens with zero attached hydrogens (tertiary/aromatic N) is 1. The van der Waals surface area contributed by atoms with E-state index in [4.69, 9.17) is 16.3 Å². The van der Waals surface area contributed by atoms with E-state index in [1.54, 1.807) is 6.20 Å². The number of carbonyl (C=O) groups excluding carboxylic acids is 1. The van der Waals surface area contributed by atoms with E-state index in [-0.39, 0.29) is 6.04 Å². The molecule has 22 heavy (non-hydrogen) atoms. The molecule has 1 heterocycles. The van der Waals surface area contributed by atoms with Gasteiger partial charge in [-0.2, -0.15) is 5.10 Å². The summed E-state index contributed by atoms with van der Waals surface area (Å²) in [5.74, 6) is 0. The number of carbonyl (C=O) groups is 1. The number of aromatic amines is 1. The zero-order valence-electron chi connectivity index (χ0n) is 12.9. The summed E-state index contributed by atoms with van der Waals surface area (Å²) in [6.45, 7) is 5.48. The molecule has 2 aromatic rings. The standard InChI is InChI=1S/C16H20ClN3O2/c1-16(2,3)22-15(21)19-14(13-7-8-18-20-13)10-11-5-4-6-12(17)9-11/h4-9,14H,10H2,1-3H3,(H,18,20)(H,19,21)/t14-/m0/s1. The minimum Gasteiger partial charge on any atom is -0.444 e. The molecule has 0 aliphatic rings. The number of H-pyrrole nitrogens is 1. The Balaban J connectivity index is 2.12. The second-order valence-electron chi connectivity index (χ2n) is 6.04. The van der Waals surface area contributed by atoms with Gasteiger partial charge in [-0.1, -0.05) is 23.7 Å². The quantitative estimate of drug-likeness (QED) is 0.898. The van der Waals surface area contributed by atoms with Crippen molar-refractivity contribution >= 4 is 17.7 Å². The topological polar surface area (TPSA) is 67.0 Å². The number of hydrogen-bond donors (Lipinski definition) is 2. The number of hydrogen-bond acceptors (Lipinski definition) is 3. The highest BCUT2D eigenvalue weighted by atomic mass is 35.5. The zero-order chi connectivity index (χ0) is 16.2. The van der Waals surface area contributed by atoms with Gasteiger partial charge in [0.05, 0.1) is 11.7 Å². The Morgan fingerprint density at radius 1 is 1.41 bits per heavy atom. The van der Waals surface area contributed by atoms with E-state index >= 15 is 0 Å². The van der Waals surface area contributed by atoms with Crippen LogP contribution in [0.4, 0.5) is 4.79 Å². The van der Waals surface area contributed by atoms with Crippen LogP contribution in [0.2, 0.25) is 5.02 Å². The molecule has 118 valence electrons. The fourth-order valence-corrected chi connectivity index (χ4v) is 2.26. The number of aromatic nitrogens is 2. The molecule has 0 aliphatic heterocycles. The number of ether oxygens (including phenoxy) is 1. The number of halogens is 1. The average Bonchev–Trinajstić information content (AvgIpc) is 2.89. The largest absolute Gasteiger partial charge is 0.444 e. The highest BCUT2D eigenvalue weighted by Crippen LogP contribution is 2.20. The maximum absolute atomic E-state index is 12.0. The van der Waals surface area contributed by atoms with Crippen molar-refractivity contribution in [2.24, 2.45) is 0 Å². The average molecular weight is 322 g/mol. The van der Waals surface area contributed by atoms with Crippen molar-refractivity contribution in [3.63, 3.8) is 0 Å². The zero-order valence-corrected chi connectivity index (χ0v) is 13.6. The molecule has 0 saturated carbocycles. The van der Waals surface area contributed by atoms with Crippen molar-refractivity contribution in [3.05, 3.63) is 52.8 Å². The predicted molar refractivity (Wildman–Crippen MR) is 85.9 cm³/mol. The lowest BCUT2D eigenvalue weighted by molar-refractivity contribution is 0.0502. The van der Waals surface area contributed by atoms with Crippen LogP contribution in [0, 0.1) is 0 Å². The highest BCUT2D eigenvalue weighted by Gasteiger charge is 2.21. The molecule has 0 saturated heterocycles. The number of nitrogens with one attached hydrogen (secondary N) is 2. The Kier molecular flexibility index (Phi) is 5.08. The van der Waals surface area contributed by atoms with E-state index in [0.717, 1.165) is 11.3 Å². The van der Waals surface area contributed by atoms with Crippen molar-refractivity contribution in [3.8, 4) is 0 Å². The molecule has 0 radical (unpaired) electrons. The number of benzene rings is 1. The molecule has 1 aromatic carbocycles. The van der Waals surface area contributed by atoms with Gasteiger partial charge in [-0.25, -0.2) is 4.79 Å². The van der Waals surface area contributed by atoms with E-state index in [1.165, 1.54) is 0 Å². The Morgan fingerprint density at radius 3 is 2.77 bits per heavy atom. The van der Waals surface area contributed by atoms with Crippen LogP contribution in [-0.2, 0) is 11.2 Å². The summed E-state index contributed by atoms with van der Waals surface area (Å²) in [6.07, 6.45) is 1.77. The van der Waals surface area contributed by atoms with Gasteiger partial charge in [0.2, 0.25) is 0 Å². The molecule has 0 fully saturated rings. The van der Waals surface area contributed by atoms with Crippen molar-refractivity contribution in [2.45, 2.75) is 38.8 Å². The third-order valence-electron chi connectivity index (χ3n) is 2.92. The molecule has 1 aromatic heterocycles. The number of alkyl carbamates (subject to hydrolysis) is 1. The summed E-state index contributed by atoms with van der Waals surface area (Å²) in [5, 5.41) is 10.4. The van der Waals surface area contributed by atoms with E-state index in [2.05, 4.69) is 15.5 Å². The minimum absolute atomic E-state index is 0.268. The molecular weight excluding hydrogens is 302 g/mol. The monoisotopic (exact) mass is 321 g/mol. The van der Waals surface area contributed by atoms with Crippen molar-refractivity contribution < 1.29 is 9.53 Å². The van der Waals surface area contributed by atoms with E-state index < -0.39 is 11.7 Å². The predicted octanol–water partition coefficient (Wildman–Crippen LogP) is 3.87. The summed E-state index contributed by atoms with van der Waals surface area (Å²) < 4.78 is 5.32. The van der Waals surface area contributed by atoms with Gasteiger partial charge in [0, 0.05) is 11.2 Å². The maximum Gasteiger partial charge on any atom is 0.408 e. The third kappa shape index (κ3) is 5.07. The molecule has 2 rings (SSSR count). The van der Waals surface area contributed by atoms with E-state index in [1.807, 2.05) is 51.1 Å². The van der Waals surface area contributed by atoms with Crippen molar-refractivity contribution in [2.75, 3.05) is 0 Å². The molecule has 6 heteroatoms. The number of rotatable bonds is 4. The fourth-order valence-electron chi connectivity index (χ4n) is 2.05. The molecule has 0 unspecified atom stereocenters. The molecule has 1 amide bonds. The van der Waals surface area contributed by atoms with Gasteiger partial charge in [0.15, 0.2) is 0 Å². The molecule has 1 atom stereocenters. The third-order valence-corrected chi connectivity index (χ3v) is 3.15. The van der Waals surface area contributed by atoms with Gasteiger partial charge in [-0.05, 0) is 51.0 Å². The normalized spacial score (nSPS) is 12.7. The summed E-state index contributed by atoms with van der Waals surface area (Å²) in [7, 11) is 0. The number of amides is 1. The van der Waals surface area contributed by atoms with Gasteiger partial charge >= 0.3 is 6.09 Å². The Morgan fingerprint density at radius 2 is 2.18 bits per heavy atom. The maximum atomic E-state index is 12.0. The lowest BCUT2D eigenvalue weighted by atomic mass is 10.0. The molecule has 0 aliphatic carbocycles.